The van der Waals surface area contributed by atoms with Gasteiger partial charge in [-0.3, -0.25) is 0 Å². The smallest absolute Gasteiger partial charge is 0.376 e. The van der Waals surface area contributed by atoms with Gasteiger partial charge in [0.1, 0.15) is 5.82 Å². The molecule has 31 heavy (non-hydrogen) atoms. The Kier molecular flexibility index (Phi) is 8.35. The zero-order valence-electron chi connectivity index (χ0n) is 16.2. The first-order valence-corrected chi connectivity index (χ1v) is 9.36. The predicted octanol–water partition coefficient (Wildman–Crippen LogP) is 6.20. The third-order valence-electron chi connectivity index (χ3n) is 5.15. The summed E-state index contributed by atoms with van der Waals surface area (Å²) in [6, 6.07) is 7.52. The summed E-state index contributed by atoms with van der Waals surface area (Å²) in [7, 11) is 0. The van der Waals surface area contributed by atoms with E-state index in [1.807, 2.05) is 0 Å². The number of alkyl halides is 6. The lowest BCUT2D eigenvalue weighted by Crippen LogP contribution is -2.37. The van der Waals surface area contributed by atoms with E-state index < -0.39 is 23.5 Å². The number of hydrogen-bond donors (Lipinski definition) is 1. The van der Waals surface area contributed by atoms with Crippen LogP contribution < -0.4 is 5.32 Å². The molecule has 10 heteroatoms. The summed E-state index contributed by atoms with van der Waals surface area (Å²) in [5, 5.41) is 3.20. The van der Waals surface area contributed by atoms with Crippen molar-refractivity contribution in [1.82, 2.24) is 5.32 Å². The van der Waals surface area contributed by atoms with Gasteiger partial charge in [-0.05, 0) is 60.3 Å². The summed E-state index contributed by atoms with van der Waals surface area (Å²) in [5.41, 5.74) is -2.00. The summed E-state index contributed by atoms with van der Waals surface area (Å²) >= 11 is 0. The van der Waals surface area contributed by atoms with E-state index in [0.717, 1.165) is 18.5 Å². The SMILES string of the molecule is Cl.Fc1ccc([C@@H]2CCNC[C@H]2COCc2cc(C(F)(F)F)cc(C(F)(F)F)c2)cc1. The second-order valence-electron chi connectivity index (χ2n) is 7.34. The first kappa shape index (κ1) is 25.4. The Labute approximate surface area is 181 Å². The molecule has 1 fully saturated rings. The lowest BCUT2D eigenvalue weighted by Gasteiger charge is -2.32. The Morgan fingerprint density at radius 2 is 1.48 bits per heavy atom. The minimum Gasteiger partial charge on any atom is -0.376 e. The van der Waals surface area contributed by atoms with Crippen LogP contribution in [0.3, 0.4) is 0 Å². The molecule has 0 radical (unpaired) electrons. The molecule has 2 nitrogen and oxygen atoms in total. The maximum atomic E-state index is 13.2. The average Bonchev–Trinajstić information content (AvgIpc) is 2.67. The van der Waals surface area contributed by atoms with E-state index in [2.05, 4.69) is 5.32 Å². The van der Waals surface area contributed by atoms with Crippen LogP contribution in [0.2, 0.25) is 0 Å². The fourth-order valence-corrected chi connectivity index (χ4v) is 3.68. The van der Waals surface area contributed by atoms with E-state index in [1.54, 1.807) is 12.1 Å². The van der Waals surface area contributed by atoms with Crippen LogP contribution in [0.5, 0.6) is 0 Å². The highest BCUT2D eigenvalue weighted by atomic mass is 35.5. The zero-order chi connectivity index (χ0) is 21.9. The van der Waals surface area contributed by atoms with Gasteiger partial charge in [0, 0.05) is 12.5 Å². The Morgan fingerprint density at radius 1 is 0.903 bits per heavy atom. The molecule has 0 amide bonds. The molecular formula is C21H21ClF7NO. The molecule has 0 bridgehead atoms. The third-order valence-corrected chi connectivity index (χ3v) is 5.15. The molecule has 2 aromatic carbocycles. The standard InChI is InChI=1S/C21H20F7NO.ClH/c22-18-3-1-14(2-4-18)19-5-6-29-10-15(19)12-30-11-13-7-16(20(23,24)25)9-17(8-13)21(26,27)28;/h1-4,7-9,15,19,29H,5-6,10-12H2;1H/t15-,19-;/m0./s1. The van der Waals surface area contributed by atoms with Crippen molar-refractivity contribution in [2.24, 2.45) is 5.92 Å². The first-order valence-electron chi connectivity index (χ1n) is 9.36. The molecule has 0 aromatic heterocycles. The Balaban J connectivity index is 0.00000341. The summed E-state index contributed by atoms with van der Waals surface area (Å²) in [6.45, 7) is 1.10. The van der Waals surface area contributed by atoms with E-state index in [1.165, 1.54) is 12.1 Å². The molecule has 0 unspecified atom stereocenters. The predicted molar refractivity (Wildman–Crippen MR) is 103 cm³/mol. The van der Waals surface area contributed by atoms with Gasteiger partial charge in [0.25, 0.3) is 0 Å². The van der Waals surface area contributed by atoms with Gasteiger partial charge in [-0.25, -0.2) is 4.39 Å². The summed E-state index contributed by atoms with van der Waals surface area (Å²) in [6.07, 6.45) is -9.02. The number of piperidine rings is 1. The van der Waals surface area contributed by atoms with E-state index in [0.29, 0.717) is 18.7 Å². The van der Waals surface area contributed by atoms with Crippen LogP contribution in [0.1, 0.15) is 34.6 Å². The minimum absolute atomic E-state index is 0. The molecule has 172 valence electrons. The van der Waals surface area contributed by atoms with Crippen molar-refractivity contribution in [2.75, 3.05) is 19.7 Å². The van der Waals surface area contributed by atoms with Crippen LogP contribution in [0.25, 0.3) is 0 Å². The zero-order valence-corrected chi connectivity index (χ0v) is 17.0. The molecule has 0 spiro atoms. The van der Waals surface area contributed by atoms with Gasteiger partial charge in [0.05, 0.1) is 24.3 Å². The number of nitrogens with one attached hydrogen (secondary N) is 1. The molecule has 1 heterocycles. The van der Waals surface area contributed by atoms with Gasteiger partial charge in [0.15, 0.2) is 0 Å². The Hall–Kier alpha value is -1.84. The lowest BCUT2D eigenvalue weighted by molar-refractivity contribution is -0.143. The van der Waals surface area contributed by atoms with Crippen LogP contribution in [0.15, 0.2) is 42.5 Å². The van der Waals surface area contributed by atoms with Gasteiger partial charge in [-0.2, -0.15) is 26.3 Å². The molecule has 2 aromatic rings. The number of benzene rings is 2. The van der Waals surface area contributed by atoms with E-state index >= 15 is 0 Å². The second-order valence-corrected chi connectivity index (χ2v) is 7.34. The highest BCUT2D eigenvalue weighted by molar-refractivity contribution is 5.85. The number of halogens is 8. The minimum atomic E-state index is -4.89. The summed E-state index contributed by atoms with van der Waals surface area (Å²) in [4.78, 5) is 0. The quantitative estimate of drug-likeness (QED) is 0.525. The number of ether oxygens (including phenoxy) is 1. The summed E-state index contributed by atoms with van der Waals surface area (Å²) in [5.74, 6) is -0.346. The van der Waals surface area contributed by atoms with Crippen LogP contribution >= 0.6 is 12.4 Å². The maximum absolute atomic E-state index is 13.2. The Morgan fingerprint density at radius 3 is 2.03 bits per heavy atom. The van der Waals surface area contributed by atoms with Gasteiger partial charge in [0.2, 0.25) is 0 Å². The molecule has 0 aliphatic carbocycles. The highest BCUT2D eigenvalue weighted by Gasteiger charge is 2.37. The molecular weight excluding hydrogens is 451 g/mol. The second kappa shape index (κ2) is 10.2. The van der Waals surface area contributed by atoms with E-state index in [9.17, 15) is 30.7 Å². The van der Waals surface area contributed by atoms with Crippen molar-refractivity contribution in [3.63, 3.8) is 0 Å². The van der Waals surface area contributed by atoms with Crippen molar-refractivity contribution in [3.05, 3.63) is 70.5 Å². The Bertz CT molecular complexity index is 820. The largest absolute Gasteiger partial charge is 0.416 e. The number of rotatable bonds is 5. The van der Waals surface area contributed by atoms with Crippen LogP contribution in [-0.4, -0.2) is 19.7 Å². The normalized spacial score (nSPS) is 19.7. The van der Waals surface area contributed by atoms with Crippen molar-refractivity contribution in [3.8, 4) is 0 Å². The van der Waals surface area contributed by atoms with E-state index in [-0.39, 0.29) is 54.9 Å². The van der Waals surface area contributed by atoms with Gasteiger partial charge in [-0.1, -0.05) is 12.1 Å². The maximum Gasteiger partial charge on any atom is 0.416 e. The molecule has 1 saturated heterocycles. The van der Waals surface area contributed by atoms with Crippen LogP contribution in [0, 0.1) is 11.7 Å². The van der Waals surface area contributed by atoms with Crippen molar-refractivity contribution in [1.29, 1.82) is 0 Å². The fourth-order valence-electron chi connectivity index (χ4n) is 3.68. The van der Waals surface area contributed by atoms with Crippen LogP contribution in [-0.2, 0) is 23.7 Å². The van der Waals surface area contributed by atoms with Gasteiger partial charge in [-0.15, -0.1) is 12.4 Å². The topological polar surface area (TPSA) is 21.3 Å². The van der Waals surface area contributed by atoms with Gasteiger partial charge >= 0.3 is 12.4 Å². The molecule has 2 atom stereocenters. The molecule has 1 aliphatic rings. The van der Waals surface area contributed by atoms with Crippen LogP contribution in [0.4, 0.5) is 30.7 Å². The van der Waals surface area contributed by atoms with Gasteiger partial charge < -0.3 is 10.1 Å². The molecule has 0 saturated carbocycles. The first-order chi connectivity index (χ1) is 14.0. The van der Waals surface area contributed by atoms with Crippen molar-refractivity contribution < 1.29 is 35.5 Å². The third kappa shape index (κ3) is 6.82. The molecule has 3 rings (SSSR count). The van der Waals surface area contributed by atoms with Crippen molar-refractivity contribution in [2.45, 2.75) is 31.3 Å². The average molecular weight is 472 g/mol. The summed E-state index contributed by atoms with van der Waals surface area (Å²) < 4.78 is 96.5. The lowest BCUT2D eigenvalue weighted by atomic mass is 9.81. The fraction of sp³-hybridized carbons (Fsp3) is 0.429. The highest BCUT2D eigenvalue weighted by Crippen LogP contribution is 2.37. The van der Waals surface area contributed by atoms with Crippen molar-refractivity contribution >= 4 is 12.4 Å². The molecule has 1 N–H and O–H groups in total. The molecule has 1 aliphatic heterocycles. The number of hydrogen-bond acceptors (Lipinski definition) is 2. The monoisotopic (exact) mass is 471 g/mol. The van der Waals surface area contributed by atoms with E-state index in [4.69, 9.17) is 4.74 Å².